The largest absolute Gasteiger partial charge is 0.392 e. The molecular weight excluding hydrogens is 526 g/mol. The van der Waals surface area contributed by atoms with Crippen LogP contribution in [0.15, 0.2) is 135 Å². The molecule has 0 bridgehead atoms. The highest BCUT2D eigenvalue weighted by Gasteiger charge is 2.46. The fourth-order valence-electron chi connectivity index (χ4n) is 4.31. The normalized spacial score (nSPS) is 12.6. The molecule has 3 nitrogen and oxygen atoms in total. The molecule has 0 aliphatic rings. The van der Waals surface area contributed by atoms with Crippen molar-refractivity contribution in [1.29, 1.82) is 0 Å². The van der Waals surface area contributed by atoms with Crippen molar-refractivity contribution in [3.05, 3.63) is 121 Å². The number of hydrogen-bond donors (Lipinski definition) is 0. The standard InChI is InChI=1S/C30H38N3P4/c1-34(2,27-19-11-7-12-20-27)31-37(30-25-17-10-18-26-30,32-35(3,4)28-21-13-8-14-22-28)33-36(5,6)29-23-15-9-16-24-29/h7-26H,1-6H3/q+1. The number of hydrogen-bond acceptors (Lipinski definition) is 3. The van der Waals surface area contributed by atoms with Gasteiger partial charge in [-0.05, 0) is 68.0 Å². The van der Waals surface area contributed by atoms with Crippen LogP contribution in [0.4, 0.5) is 0 Å². The lowest BCUT2D eigenvalue weighted by atomic mass is 10.4. The Morgan fingerprint density at radius 2 is 0.622 bits per heavy atom. The molecule has 0 spiro atoms. The summed E-state index contributed by atoms with van der Waals surface area (Å²) in [5.74, 6) is 0. The van der Waals surface area contributed by atoms with Gasteiger partial charge in [0.1, 0.15) is 0 Å². The SMILES string of the molecule is CP(C)(=N[P+](N=P(C)(C)c1ccccc1)(N=P(C)(C)c1ccccc1)c1ccccc1)c1ccccc1. The maximum Gasteiger partial charge on any atom is 0.392 e. The minimum Gasteiger partial charge on any atom is -0.0882 e. The van der Waals surface area contributed by atoms with Gasteiger partial charge < -0.3 is 0 Å². The summed E-state index contributed by atoms with van der Waals surface area (Å²) >= 11 is 0. The van der Waals surface area contributed by atoms with Crippen LogP contribution in [-0.4, -0.2) is 40.0 Å². The predicted molar refractivity (Wildman–Crippen MR) is 175 cm³/mol. The van der Waals surface area contributed by atoms with Crippen LogP contribution in [0.25, 0.3) is 0 Å². The predicted octanol–water partition coefficient (Wildman–Crippen LogP) is 8.43. The lowest BCUT2D eigenvalue weighted by molar-refractivity contribution is 1.59. The monoisotopic (exact) mass is 564 g/mol. The summed E-state index contributed by atoms with van der Waals surface area (Å²) in [6, 6.07) is 42.9. The van der Waals surface area contributed by atoms with E-state index in [1.165, 1.54) is 15.9 Å². The number of rotatable bonds is 7. The first-order chi connectivity index (χ1) is 17.5. The van der Waals surface area contributed by atoms with Gasteiger partial charge in [0.25, 0.3) is 0 Å². The van der Waals surface area contributed by atoms with Gasteiger partial charge in [0.15, 0.2) is 5.30 Å². The van der Waals surface area contributed by atoms with E-state index >= 15 is 0 Å². The third-order valence-electron chi connectivity index (χ3n) is 6.31. The molecule has 4 aromatic rings. The van der Waals surface area contributed by atoms with Crippen molar-refractivity contribution in [2.75, 3.05) is 40.0 Å². The second-order valence-corrected chi connectivity index (χ2v) is 24.1. The van der Waals surface area contributed by atoms with Crippen molar-refractivity contribution in [2.45, 2.75) is 0 Å². The van der Waals surface area contributed by atoms with Crippen LogP contribution in [0.2, 0.25) is 0 Å². The molecule has 192 valence electrons. The van der Waals surface area contributed by atoms with E-state index in [2.05, 4.69) is 161 Å². The lowest BCUT2D eigenvalue weighted by Gasteiger charge is -2.25. The Morgan fingerprint density at radius 3 is 0.892 bits per heavy atom. The topological polar surface area (TPSA) is 37.1 Å². The summed E-state index contributed by atoms with van der Waals surface area (Å²) in [5, 5.41) is 5.00. The summed E-state index contributed by atoms with van der Waals surface area (Å²) in [6.45, 7) is 13.9. The molecular formula is C30H38N3P4+. The molecule has 4 aromatic carbocycles. The van der Waals surface area contributed by atoms with E-state index in [4.69, 9.17) is 13.5 Å². The Hall–Kier alpha value is -2.00. The Labute approximate surface area is 224 Å². The quantitative estimate of drug-likeness (QED) is 0.202. The minimum absolute atomic E-state index is 1.15. The van der Waals surface area contributed by atoms with Crippen molar-refractivity contribution in [3.63, 3.8) is 0 Å². The number of nitrogens with zero attached hydrogens (tertiary/aromatic N) is 3. The van der Waals surface area contributed by atoms with Crippen molar-refractivity contribution in [1.82, 2.24) is 0 Å². The molecule has 7 heteroatoms. The molecule has 0 atom stereocenters. The lowest BCUT2D eigenvalue weighted by Crippen LogP contribution is -2.11. The Bertz CT molecular complexity index is 1330. The van der Waals surface area contributed by atoms with Crippen LogP contribution in [0, 0.1) is 0 Å². The van der Waals surface area contributed by atoms with E-state index in [1.54, 1.807) is 0 Å². The fraction of sp³-hybridized carbons (Fsp3) is 0.200. The molecule has 0 aliphatic carbocycles. The van der Waals surface area contributed by atoms with E-state index in [1.807, 2.05) is 0 Å². The van der Waals surface area contributed by atoms with Crippen LogP contribution < -0.4 is 21.2 Å². The van der Waals surface area contributed by atoms with Gasteiger partial charge in [-0.3, -0.25) is 0 Å². The van der Waals surface area contributed by atoms with Gasteiger partial charge >= 0.3 is 7.71 Å². The van der Waals surface area contributed by atoms with Gasteiger partial charge in [0, 0.05) is 21.2 Å². The van der Waals surface area contributed by atoms with Crippen LogP contribution in [0.3, 0.4) is 0 Å². The van der Waals surface area contributed by atoms with Crippen molar-refractivity contribution in [3.8, 4) is 0 Å². The summed E-state index contributed by atoms with van der Waals surface area (Å²) in [6.07, 6.45) is 0. The molecule has 0 heterocycles. The summed E-state index contributed by atoms with van der Waals surface area (Å²) in [5.41, 5.74) is 0. The highest BCUT2D eigenvalue weighted by molar-refractivity contribution is 7.94. The van der Waals surface area contributed by atoms with Gasteiger partial charge in [0.2, 0.25) is 0 Å². The maximum absolute atomic E-state index is 5.85. The molecule has 0 saturated heterocycles. The zero-order chi connectivity index (χ0) is 26.6. The first kappa shape index (κ1) is 28.0. The van der Waals surface area contributed by atoms with Gasteiger partial charge in [-0.2, -0.15) is 0 Å². The summed E-state index contributed by atoms with van der Waals surface area (Å²) in [4.78, 5) is 0. The van der Waals surface area contributed by atoms with Crippen molar-refractivity contribution >= 4 is 50.1 Å². The van der Waals surface area contributed by atoms with Gasteiger partial charge in [-0.15, -0.1) is 0 Å². The van der Waals surface area contributed by atoms with Crippen LogP contribution in [-0.2, 0) is 0 Å². The van der Waals surface area contributed by atoms with E-state index in [0.717, 1.165) is 5.30 Å². The molecule has 0 radical (unpaired) electrons. The van der Waals surface area contributed by atoms with Crippen molar-refractivity contribution < 1.29 is 0 Å². The average molecular weight is 565 g/mol. The third-order valence-corrected chi connectivity index (χ3v) is 20.3. The Kier molecular flexibility index (Phi) is 8.63. The van der Waals surface area contributed by atoms with E-state index in [-0.39, 0.29) is 0 Å². The maximum atomic E-state index is 5.85. The number of benzene rings is 4. The zero-order valence-corrected chi connectivity index (χ0v) is 26.3. The molecule has 0 N–H and O–H groups in total. The van der Waals surface area contributed by atoms with Crippen LogP contribution in [0.5, 0.6) is 0 Å². The summed E-state index contributed by atoms with van der Waals surface area (Å²) < 4.78 is 17.5. The second-order valence-electron chi connectivity index (χ2n) is 10.4. The fourth-order valence-corrected chi connectivity index (χ4v) is 18.9. The highest BCUT2D eigenvalue weighted by atomic mass is 31.3. The third kappa shape index (κ3) is 6.72. The van der Waals surface area contributed by atoms with Gasteiger partial charge in [-0.1, -0.05) is 123 Å². The van der Waals surface area contributed by atoms with E-state index < -0.39 is 28.9 Å². The molecule has 0 aliphatic heterocycles. The molecule has 37 heavy (non-hydrogen) atoms. The first-order valence-corrected chi connectivity index (χ1v) is 22.0. The molecule has 0 amide bonds. The molecule has 0 unspecified atom stereocenters. The smallest absolute Gasteiger partial charge is 0.0882 e. The molecule has 0 saturated carbocycles. The minimum atomic E-state index is -2.69. The van der Waals surface area contributed by atoms with Gasteiger partial charge in [-0.25, -0.2) is 0 Å². The van der Waals surface area contributed by atoms with Crippen molar-refractivity contribution in [2.24, 2.45) is 13.5 Å². The average Bonchev–Trinajstić information content (AvgIpc) is 2.90. The van der Waals surface area contributed by atoms with E-state index in [9.17, 15) is 0 Å². The highest BCUT2D eigenvalue weighted by Crippen LogP contribution is 2.76. The Balaban J connectivity index is 2.15. The molecule has 4 rings (SSSR count). The van der Waals surface area contributed by atoms with Crippen LogP contribution >= 0.6 is 28.9 Å². The molecule has 0 aromatic heterocycles. The summed E-state index contributed by atoms with van der Waals surface area (Å²) in [7, 11) is -8.43. The zero-order valence-electron chi connectivity index (χ0n) is 22.7. The second kappa shape index (κ2) is 11.4. The van der Waals surface area contributed by atoms with E-state index in [0.29, 0.717) is 0 Å². The van der Waals surface area contributed by atoms with Gasteiger partial charge in [0.05, 0.1) is 0 Å². The Morgan fingerprint density at radius 1 is 0.378 bits per heavy atom. The first-order valence-electron chi connectivity index (χ1n) is 12.4. The molecule has 0 fully saturated rings. The van der Waals surface area contributed by atoms with Crippen LogP contribution in [0.1, 0.15) is 0 Å².